The normalized spacial score (nSPS) is 16.4. The molecule has 1 aromatic carbocycles. The molecule has 1 heterocycles. The molecule has 0 saturated carbocycles. The Hall–Kier alpha value is -1.75. The van der Waals surface area contributed by atoms with Gasteiger partial charge in [-0.1, -0.05) is 12.1 Å². The van der Waals surface area contributed by atoms with Gasteiger partial charge in [0.25, 0.3) is 0 Å². The summed E-state index contributed by atoms with van der Waals surface area (Å²) in [5.41, 5.74) is 7.24. The number of methoxy groups -OCH3 is 1. The van der Waals surface area contributed by atoms with Crippen molar-refractivity contribution in [1.82, 2.24) is 4.90 Å². The van der Waals surface area contributed by atoms with Crippen LogP contribution >= 0.6 is 0 Å². The van der Waals surface area contributed by atoms with Crippen LogP contribution < -0.4 is 5.73 Å². The van der Waals surface area contributed by atoms with Crippen molar-refractivity contribution >= 4 is 11.8 Å². The first-order valence-corrected chi connectivity index (χ1v) is 6.48. The number of hydrogen-bond donors (Lipinski definition) is 1. The van der Waals surface area contributed by atoms with Gasteiger partial charge in [0.05, 0.1) is 6.10 Å². The molecule has 0 aliphatic carbocycles. The molecule has 1 fully saturated rings. The smallest absolute Gasteiger partial charge is 0.410 e. The Balaban J connectivity index is 1.77. The van der Waals surface area contributed by atoms with Crippen LogP contribution in [0.25, 0.3) is 0 Å². The van der Waals surface area contributed by atoms with Gasteiger partial charge >= 0.3 is 6.09 Å². The summed E-state index contributed by atoms with van der Waals surface area (Å²) in [4.78, 5) is 13.6. The van der Waals surface area contributed by atoms with E-state index in [1.807, 2.05) is 12.1 Å². The molecule has 1 aliphatic heterocycles. The molecule has 1 aliphatic rings. The van der Waals surface area contributed by atoms with E-state index in [1.54, 1.807) is 24.1 Å². The second-order valence-corrected chi connectivity index (χ2v) is 4.72. The molecule has 0 aromatic heterocycles. The van der Waals surface area contributed by atoms with Gasteiger partial charge in [0.15, 0.2) is 0 Å². The number of nitrogens with two attached hydrogens (primary N) is 1. The van der Waals surface area contributed by atoms with Crippen LogP contribution in [0.2, 0.25) is 0 Å². The molecule has 0 radical (unpaired) electrons. The third-order valence-electron chi connectivity index (χ3n) is 3.38. The van der Waals surface area contributed by atoms with E-state index in [9.17, 15) is 4.79 Å². The second-order valence-electron chi connectivity index (χ2n) is 4.72. The van der Waals surface area contributed by atoms with Gasteiger partial charge in [-0.25, -0.2) is 4.79 Å². The van der Waals surface area contributed by atoms with Crippen LogP contribution in [0.4, 0.5) is 10.5 Å². The largest absolute Gasteiger partial charge is 0.445 e. The lowest BCUT2D eigenvalue weighted by molar-refractivity contribution is 0.0317. The van der Waals surface area contributed by atoms with Crippen LogP contribution in [-0.4, -0.2) is 37.3 Å². The van der Waals surface area contributed by atoms with Crippen molar-refractivity contribution in [2.45, 2.75) is 25.6 Å². The fourth-order valence-electron chi connectivity index (χ4n) is 2.12. The number of anilines is 1. The van der Waals surface area contributed by atoms with E-state index in [2.05, 4.69) is 0 Å². The number of carbonyl (C=O) groups is 1. The lowest BCUT2D eigenvalue weighted by Crippen LogP contribution is -2.40. The SMILES string of the molecule is COC1CCN(C(=O)OCc2ccc(N)cc2)CC1. The summed E-state index contributed by atoms with van der Waals surface area (Å²) < 4.78 is 10.6. The minimum atomic E-state index is -0.258. The first kappa shape index (κ1) is 13.7. The number of amides is 1. The van der Waals surface area contributed by atoms with Crippen LogP contribution in [0.3, 0.4) is 0 Å². The molecule has 0 spiro atoms. The van der Waals surface area contributed by atoms with Crippen molar-refractivity contribution in [3.8, 4) is 0 Å². The highest BCUT2D eigenvalue weighted by Crippen LogP contribution is 2.14. The molecular formula is C14H20N2O3. The van der Waals surface area contributed by atoms with Crippen molar-refractivity contribution in [2.75, 3.05) is 25.9 Å². The van der Waals surface area contributed by atoms with Crippen molar-refractivity contribution in [1.29, 1.82) is 0 Å². The topological polar surface area (TPSA) is 64.8 Å². The van der Waals surface area contributed by atoms with Crippen molar-refractivity contribution in [2.24, 2.45) is 0 Å². The van der Waals surface area contributed by atoms with Crippen molar-refractivity contribution < 1.29 is 14.3 Å². The molecule has 0 bridgehead atoms. The molecule has 1 amide bonds. The zero-order chi connectivity index (χ0) is 13.7. The van der Waals surface area contributed by atoms with E-state index in [-0.39, 0.29) is 18.8 Å². The highest BCUT2D eigenvalue weighted by molar-refractivity contribution is 5.67. The predicted molar refractivity (Wildman–Crippen MR) is 72.6 cm³/mol. The van der Waals surface area contributed by atoms with Crippen molar-refractivity contribution in [3.05, 3.63) is 29.8 Å². The average molecular weight is 264 g/mol. The van der Waals surface area contributed by atoms with Gasteiger partial charge < -0.3 is 20.1 Å². The monoisotopic (exact) mass is 264 g/mol. The number of piperidine rings is 1. The third kappa shape index (κ3) is 3.86. The lowest BCUT2D eigenvalue weighted by Gasteiger charge is -2.30. The number of nitrogens with zero attached hydrogens (tertiary/aromatic N) is 1. The molecule has 2 rings (SSSR count). The van der Waals surface area contributed by atoms with Gasteiger partial charge in [-0.15, -0.1) is 0 Å². The van der Waals surface area contributed by atoms with E-state index in [4.69, 9.17) is 15.2 Å². The van der Waals surface area contributed by atoms with E-state index in [0.717, 1.165) is 18.4 Å². The maximum absolute atomic E-state index is 11.9. The number of hydrogen-bond acceptors (Lipinski definition) is 4. The minimum Gasteiger partial charge on any atom is -0.445 e. The van der Waals surface area contributed by atoms with Crippen LogP contribution in [0.15, 0.2) is 24.3 Å². The zero-order valence-electron chi connectivity index (χ0n) is 11.2. The van der Waals surface area contributed by atoms with Gasteiger partial charge in [-0.05, 0) is 30.5 Å². The number of rotatable bonds is 3. The highest BCUT2D eigenvalue weighted by Gasteiger charge is 2.23. The summed E-state index contributed by atoms with van der Waals surface area (Å²) in [6, 6.07) is 7.32. The number of ether oxygens (including phenoxy) is 2. The fourth-order valence-corrected chi connectivity index (χ4v) is 2.12. The molecule has 5 nitrogen and oxygen atoms in total. The molecule has 1 aromatic rings. The molecule has 104 valence electrons. The van der Waals surface area contributed by atoms with Crippen molar-refractivity contribution in [3.63, 3.8) is 0 Å². The molecule has 0 unspecified atom stereocenters. The quantitative estimate of drug-likeness (QED) is 0.848. The van der Waals surface area contributed by atoms with E-state index in [0.29, 0.717) is 18.8 Å². The van der Waals surface area contributed by atoms with E-state index < -0.39 is 0 Å². The fraction of sp³-hybridized carbons (Fsp3) is 0.500. The second kappa shape index (κ2) is 6.43. The van der Waals surface area contributed by atoms with E-state index >= 15 is 0 Å². The van der Waals surface area contributed by atoms with Gasteiger partial charge in [0, 0.05) is 25.9 Å². The summed E-state index contributed by atoms with van der Waals surface area (Å²) >= 11 is 0. The van der Waals surface area contributed by atoms with Gasteiger partial charge in [0.2, 0.25) is 0 Å². The Labute approximate surface area is 113 Å². The Morgan fingerprint density at radius 2 is 1.95 bits per heavy atom. The Kier molecular flexibility index (Phi) is 4.63. The van der Waals surface area contributed by atoms with Gasteiger partial charge in [-0.3, -0.25) is 0 Å². The van der Waals surface area contributed by atoms with E-state index in [1.165, 1.54) is 0 Å². The first-order chi connectivity index (χ1) is 9.19. The Bertz CT molecular complexity index is 411. The molecule has 0 atom stereocenters. The standard InChI is InChI=1S/C14H20N2O3/c1-18-13-6-8-16(9-7-13)14(17)19-10-11-2-4-12(15)5-3-11/h2-5,13H,6-10,15H2,1H3. The Morgan fingerprint density at radius 1 is 1.32 bits per heavy atom. The van der Waals surface area contributed by atoms with Crippen LogP contribution in [0, 0.1) is 0 Å². The van der Waals surface area contributed by atoms with Gasteiger partial charge in [0.1, 0.15) is 6.61 Å². The Morgan fingerprint density at radius 3 is 2.53 bits per heavy atom. The molecule has 5 heteroatoms. The minimum absolute atomic E-state index is 0.258. The first-order valence-electron chi connectivity index (χ1n) is 6.48. The number of nitrogen functional groups attached to an aromatic ring is 1. The maximum Gasteiger partial charge on any atom is 0.410 e. The third-order valence-corrected chi connectivity index (χ3v) is 3.38. The average Bonchev–Trinajstić information content (AvgIpc) is 2.46. The zero-order valence-corrected chi connectivity index (χ0v) is 11.2. The summed E-state index contributed by atoms with van der Waals surface area (Å²) in [6.45, 7) is 1.67. The summed E-state index contributed by atoms with van der Waals surface area (Å²) in [6.07, 6.45) is 1.74. The predicted octanol–water partition coefficient (Wildman–Crippen LogP) is 2.02. The molecule has 19 heavy (non-hydrogen) atoms. The molecular weight excluding hydrogens is 244 g/mol. The number of benzene rings is 1. The summed E-state index contributed by atoms with van der Waals surface area (Å²) in [7, 11) is 1.71. The lowest BCUT2D eigenvalue weighted by atomic mass is 10.1. The van der Waals surface area contributed by atoms with Gasteiger partial charge in [-0.2, -0.15) is 0 Å². The van der Waals surface area contributed by atoms with Crippen LogP contribution in [0.5, 0.6) is 0 Å². The number of likely N-dealkylation sites (tertiary alicyclic amines) is 1. The van der Waals surface area contributed by atoms with Crippen LogP contribution in [0.1, 0.15) is 18.4 Å². The highest BCUT2D eigenvalue weighted by atomic mass is 16.6. The van der Waals surface area contributed by atoms with Crippen LogP contribution in [-0.2, 0) is 16.1 Å². The molecule has 1 saturated heterocycles. The summed E-state index contributed by atoms with van der Waals surface area (Å²) in [5, 5.41) is 0. The number of carbonyl (C=O) groups excluding carboxylic acids is 1. The maximum atomic E-state index is 11.9. The summed E-state index contributed by atoms with van der Waals surface area (Å²) in [5.74, 6) is 0. The molecule has 2 N–H and O–H groups in total.